The first-order valence-corrected chi connectivity index (χ1v) is 24.5. The molecule has 69 heavy (non-hydrogen) atoms. The van der Waals surface area contributed by atoms with Gasteiger partial charge in [0, 0.05) is 29.6 Å². The quantitative estimate of drug-likeness (QED) is 0.0236. The number of carbonyl (C=O) groups is 4. The number of amides is 4. The van der Waals surface area contributed by atoms with Crippen LogP contribution in [-0.4, -0.2) is 138 Å². The maximum absolute atomic E-state index is 14.6. The summed E-state index contributed by atoms with van der Waals surface area (Å²) >= 11 is 3.50. The van der Waals surface area contributed by atoms with Crippen molar-refractivity contribution >= 4 is 68.9 Å². The van der Waals surface area contributed by atoms with E-state index in [-0.39, 0.29) is 55.2 Å². The summed E-state index contributed by atoms with van der Waals surface area (Å²) in [5, 5.41) is 11.2. The van der Waals surface area contributed by atoms with E-state index in [0.717, 1.165) is 33.8 Å². The smallest absolute Gasteiger partial charge is 0.277 e. The molecule has 0 unspecified atom stereocenters. The first-order valence-electron chi connectivity index (χ1n) is 22.6. The Morgan fingerprint density at radius 3 is 2.14 bits per heavy atom. The fourth-order valence-corrected chi connectivity index (χ4v) is 8.07. The van der Waals surface area contributed by atoms with Crippen molar-refractivity contribution in [2.75, 3.05) is 104 Å². The van der Waals surface area contributed by atoms with Crippen LogP contribution in [0, 0.1) is 27.9 Å². The lowest BCUT2D eigenvalue weighted by molar-refractivity contribution is -0.138. The lowest BCUT2D eigenvalue weighted by Crippen LogP contribution is -2.48. The summed E-state index contributed by atoms with van der Waals surface area (Å²) in [4.78, 5) is 63.0. The minimum absolute atomic E-state index is 0.0836. The summed E-state index contributed by atoms with van der Waals surface area (Å²) in [5.41, 5.74) is 6.14. The maximum Gasteiger partial charge on any atom is 0.277 e. The highest BCUT2D eigenvalue weighted by Gasteiger charge is 2.34. The van der Waals surface area contributed by atoms with E-state index in [0.29, 0.717) is 108 Å². The van der Waals surface area contributed by atoms with Gasteiger partial charge in [-0.1, -0.05) is 24.3 Å². The minimum atomic E-state index is -1.33. The highest BCUT2D eigenvalue weighted by Crippen LogP contribution is 2.29. The minimum Gasteiger partial charge on any atom is -0.379 e. The number of benzene rings is 3. The number of nitrogens with one attached hydrogen (secondary N) is 5. The molecule has 0 bridgehead atoms. The van der Waals surface area contributed by atoms with Crippen LogP contribution in [0.1, 0.15) is 47.3 Å². The van der Waals surface area contributed by atoms with Crippen molar-refractivity contribution in [1.82, 2.24) is 31.3 Å². The number of nitrogens with zero attached hydrogens (tertiary/aromatic N) is 2. The molecule has 5 N–H and O–H groups in total. The number of carbonyl (C=O) groups excluding carboxylic acids is 4. The number of aromatic nitrogens is 1. The lowest BCUT2D eigenvalue weighted by atomic mass is 10.1. The topological polar surface area (TPSA) is 200 Å². The van der Waals surface area contributed by atoms with Gasteiger partial charge in [-0.3, -0.25) is 24.0 Å². The zero-order chi connectivity index (χ0) is 49.2. The van der Waals surface area contributed by atoms with Gasteiger partial charge >= 0.3 is 0 Å². The first kappa shape index (κ1) is 55.1. The summed E-state index contributed by atoms with van der Waals surface area (Å²) in [5.74, 6) is -4.87. The van der Waals surface area contributed by atoms with E-state index < -0.39 is 35.1 Å². The molecule has 4 amide bonds. The molecule has 2 heterocycles. The van der Waals surface area contributed by atoms with Crippen molar-refractivity contribution in [3.63, 3.8) is 0 Å². The molecule has 0 spiro atoms. The zero-order valence-electron chi connectivity index (χ0n) is 38.4. The third kappa shape index (κ3) is 19.1. The average molecular weight is 1100 g/mol. The number of likely N-dealkylation sites (tertiary alicyclic amines) is 1. The Kier molecular flexibility index (Phi) is 24.6. The van der Waals surface area contributed by atoms with Gasteiger partial charge in [-0.25, -0.2) is 23.6 Å². The van der Waals surface area contributed by atoms with Crippen molar-refractivity contribution in [2.45, 2.75) is 45.2 Å². The number of aryl methyl sites for hydroxylation is 1. The van der Waals surface area contributed by atoms with Gasteiger partial charge in [0.15, 0.2) is 11.6 Å². The molecule has 0 aliphatic carbocycles. The zero-order valence-corrected chi connectivity index (χ0v) is 41.4. The average Bonchev–Trinajstić information content (AvgIpc) is 4.02. The Morgan fingerprint density at radius 1 is 0.797 bits per heavy atom. The van der Waals surface area contributed by atoms with E-state index in [2.05, 4.69) is 31.7 Å². The molecule has 5 rings (SSSR count). The molecule has 1 aromatic heterocycles. The third-order valence-corrected chi connectivity index (χ3v) is 12.1. The highest BCUT2D eigenvalue weighted by atomic mass is 127. The van der Waals surface area contributed by atoms with Gasteiger partial charge in [0.25, 0.3) is 5.91 Å². The van der Waals surface area contributed by atoms with Crippen molar-refractivity contribution < 1.29 is 60.9 Å². The maximum atomic E-state index is 14.6. The Bertz CT molecular complexity index is 2250. The second-order valence-corrected chi connectivity index (χ2v) is 17.5. The molecule has 376 valence electrons. The Balaban J connectivity index is 0.764. The van der Waals surface area contributed by atoms with Gasteiger partial charge in [0.2, 0.25) is 17.7 Å². The van der Waals surface area contributed by atoms with Crippen LogP contribution in [0.25, 0.3) is 10.4 Å². The van der Waals surface area contributed by atoms with Crippen LogP contribution in [0.4, 0.5) is 24.5 Å². The Hall–Kier alpha value is -4.79. The second-order valence-electron chi connectivity index (χ2n) is 15.4. The van der Waals surface area contributed by atoms with E-state index in [1.165, 1.54) is 17.0 Å². The summed E-state index contributed by atoms with van der Waals surface area (Å²) in [7, 11) is 0. The van der Waals surface area contributed by atoms with Crippen LogP contribution in [0.2, 0.25) is 0 Å². The number of ether oxygens (including phenoxy) is 5. The van der Waals surface area contributed by atoms with Crippen LogP contribution in [-0.2, 0) is 49.5 Å². The van der Waals surface area contributed by atoms with E-state index in [1.54, 1.807) is 17.4 Å². The molecule has 0 saturated carbocycles. The summed E-state index contributed by atoms with van der Waals surface area (Å²) in [6.45, 7) is 7.47. The van der Waals surface area contributed by atoms with Crippen LogP contribution >= 0.6 is 33.9 Å². The van der Waals surface area contributed by atoms with E-state index in [1.807, 2.05) is 59.3 Å². The van der Waals surface area contributed by atoms with Crippen LogP contribution in [0.5, 0.6) is 0 Å². The summed E-state index contributed by atoms with van der Waals surface area (Å²) in [6.07, 6.45) is 1.90. The molecule has 3 aromatic carbocycles. The van der Waals surface area contributed by atoms with Gasteiger partial charge < -0.3 is 49.9 Å². The number of hydrogen-bond donors (Lipinski definition) is 5. The fourth-order valence-electron chi connectivity index (χ4n) is 6.81. The third-order valence-electron chi connectivity index (χ3n) is 10.4. The number of anilines is 2. The standard InChI is InChI=1S/C47H59F3IN7O10S/c1-32-45(69-31-55-32)34-7-5-33(6-8-34)29-54-47(62)40-4-2-16-58(40)42(60)30-53-41(59)13-18-63-20-22-65-24-26-67-27-25-66-23-21-64-19-15-52-14-3-17-68-57-46(61)36-10-11-37(48)43(50)44(36)56-39-12-9-35(51)28-38(39)49/h5-12,28,31,40,52,56H,2-4,13-27,29-30H2,1H3,(H,53,59)(H,54,62)(H,57,61)/t40-/m0/s1. The molecule has 1 saturated heterocycles. The molecule has 17 nitrogen and oxygen atoms in total. The van der Waals surface area contributed by atoms with Crippen molar-refractivity contribution in [3.8, 4) is 10.4 Å². The monoisotopic (exact) mass is 1100 g/mol. The molecular formula is C47H59F3IN7O10S. The molecule has 1 fully saturated rings. The molecule has 0 radical (unpaired) electrons. The molecule has 4 aromatic rings. The molecule has 1 atom stereocenters. The highest BCUT2D eigenvalue weighted by molar-refractivity contribution is 14.1. The SMILES string of the molecule is Cc1ncsc1-c1ccc(CNC(=O)[C@@H]2CCCN2C(=O)CNC(=O)CCOCCOCCOCCOCCOCCNCCCONC(=O)c2ccc(F)c(F)c2Nc2ccc(I)cc2F)cc1. The van der Waals surface area contributed by atoms with Gasteiger partial charge in [-0.15, -0.1) is 11.3 Å². The van der Waals surface area contributed by atoms with Gasteiger partial charge in [-0.2, -0.15) is 0 Å². The number of halogens is 4. The van der Waals surface area contributed by atoms with E-state index >= 15 is 0 Å². The first-order chi connectivity index (χ1) is 33.5. The van der Waals surface area contributed by atoms with Gasteiger partial charge in [0.1, 0.15) is 11.9 Å². The fraction of sp³-hybridized carbons (Fsp3) is 0.468. The van der Waals surface area contributed by atoms with Crippen LogP contribution in [0.15, 0.2) is 60.1 Å². The Labute approximate surface area is 416 Å². The number of thiazole rings is 1. The summed E-state index contributed by atoms with van der Waals surface area (Å²) in [6, 6.07) is 13.4. The van der Waals surface area contributed by atoms with Crippen LogP contribution in [0.3, 0.4) is 0 Å². The molecule has 1 aliphatic rings. The lowest BCUT2D eigenvalue weighted by Gasteiger charge is -2.24. The number of hydroxylamine groups is 1. The molecule has 22 heteroatoms. The predicted octanol–water partition coefficient (Wildman–Crippen LogP) is 5.42. The van der Waals surface area contributed by atoms with E-state index in [4.69, 9.17) is 28.5 Å². The Morgan fingerprint density at radius 2 is 1.48 bits per heavy atom. The normalized spacial score (nSPS) is 13.4. The van der Waals surface area contributed by atoms with Crippen molar-refractivity contribution in [3.05, 3.63) is 98.0 Å². The largest absolute Gasteiger partial charge is 0.379 e. The van der Waals surface area contributed by atoms with Gasteiger partial charge in [-0.05, 0) is 96.8 Å². The van der Waals surface area contributed by atoms with Crippen LogP contribution < -0.4 is 26.7 Å². The number of rotatable bonds is 32. The van der Waals surface area contributed by atoms with Crippen molar-refractivity contribution in [1.29, 1.82) is 0 Å². The van der Waals surface area contributed by atoms with Crippen molar-refractivity contribution in [2.24, 2.45) is 0 Å². The molecule has 1 aliphatic heterocycles. The second kappa shape index (κ2) is 30.7. The van der Waals surface area contributed by atoms with E-state index in [9.17, 15) is 32.3 Å². The molecular weight excluding hydrogens is 1040 g/mol. The summed E-state index contributed by atoms with van der Waals surface area (Å²) < 4.78 is 71.0. The predicted molar refractivity (Wildman–Crippen MR) is 260 cm³/mol. The number of hydrogen-bond acceptors (Lipinski definition) is 14. The van der Waals surface area contributed by atoms with Gasteiger partial charge in [0.05, 0.1) is 112 Å².